The predicted molar refractivity (Wildman–Crippen MR) is 67.1 cm³/mol. The number of H-pyrrole nitrogens is 1. The molecular weight excluding hydrogens is 236 g/mol. The lowest BCUT2D eigenvalue weighted by Gasteiger charge is -1.99. The molecule has 0 atom stereocenters. The van der Waals surface area contributed by atoms with Crippen molar-refractivity contribution in [2.24, 2.45) is 0 Å². The lowest BCUT2D eigenvalue weighted by molar-refractivity contribution is 0.962. The molecule has 0 saturated carbocycles. The molecule has 78 valence electrons. The molecule has 0 unspecified atom stereocenters. The van der Waals surface area contributed by atoms with Gasteiger partial charge >= 0.3 is 0 Å². The third-order valence-electron chi connectivity index (χ3n) is 1.21. The maximum atomic E-state index is 4.99. The van der Waals surface area contributed by atoms with Gasteiger partial charge in [-0.05, 0) is 6.26 Å². The van der Waals surface area contributed by atoms with Crippen molar-refractivity contribution >= 4 is 46.0 Å². The minimum Gasteiger partial charge on any atom is -0.310 e. The average molecular weight is 248 g/mol. The van der Waals surface area contributed by atoms with Crippen molar-refractivity contribution in [2.45, 2.75) is 24.3 Å². The summed E-state index contributed by atoms with van der Waals surface area (Å²) >= 11 is 8.07. The first-order chi connectivity index (χ1) is 6.61. The summed E-state index contributed by atoms with van der Waals surface area (Å²) in [6.07, 6.45) is 1.91. The van der Waals surface area contributed by atoms with E-state index in [-0.39, 0.29) is 0 Å². The highest BCUT2D eigenvalue weighted by Gasteiger charge is 2.06. The lowest BCUT2D eigenvalue weighted by Crippen LogP contribution is -2.04. The fourth-order valence-electron chi connectivity index (χ4n) is 0.714. The zero-order valence-electron chi connectivity index (χ0n) is 8.20. The normalized spacial score (nSPS) is 10.6. The summed E-state index contributed by atoms with van der Waals surface area (Å²) < 4.78 is 0.683. The average Bonchev–Trinajstić information content (AvgIpc) is 2.51. The Morgan fingerprint density at radius 1 is 1.57 bits per heavy atom. The number of aromatic nitrogens is 3. The zero-order valence-corrected chi connectivity index (χ0v) is 10.6. The highest BCUT2D eigenvalue weighted by Crippen LogP contribution is 2.19. The molecule has 0 aromatic carbocycles. The molecule has 7 heteroatoms. The molecule has 0 aliphatic rings. The first-order valence-electron chi connectivity index (χ1n) is 4.06. The Labute approximate surface area is 97.0 Å². The standard InChI is InChI=1S/C7H12N4S3/c1-4(2)14-6-8-5(10-11-6)9-7(12)13-3/h4H,1-3H3,(H2,8,9,10,11,12). The van der Waals surface area contributed by atoms with E-state index < -0.39 is 0 Å². The molecule has 0 fully saturated rings. The predicted octanol–water partition coefficient (Wildman–Crippen LogP) is 2.36. The van der Waals surface area contributed by atoms with E-state index in [1.54, 1.807) is 11.8 Å². The van der Waals surface area contributed by atoms with Gasteiger partial charge in [-0.2, -0.15) is 4.98 Å². The van der Waals surface area contributed by atoms with E-state index in [0.29, 0.717) is 15.5 Å². The molecule has 4 nitrogen and oxygen atoms in total. The van der Waals surface area contributed by atoms with E-state index in [4.69, 9.17) is 12.2 Å². The quantitative estimate of drug-likeness (QED) is 0.632. The largest absolute Gasteiger partial charge is 0.310 e. The Bertz CT molecular complexity index is 310. The fourth-order valence-corrected chi connectivity index (χ4v) is 1.67. The molecule has 1 heterocycles. The molecule has 0 aliphatic heterocycles. The molecule has 0 saturated heterocycles. The van der Waals surface area contributed by atoms with Gasteiger partial charge in [-0.1, -0.05) is 37.8 Å². The number of nitrogens with zero attached hydrogens (tertiary/aromatic N) is 2. The zero-order chi connectivity index (χ0) is 10.6. The van der Waals surface area contributed by atoms with Crippen LogP contribution < -0.4 is 5.32 Å². The minimum atomic E-state index is 0.478. The summed E-state index contributed by atoms with van der Waals surface area (Å²) in [5, 5.41) is 11.0. The lowest BCUT2D eigenvalue weighted by atomic mass is 10.6. The van der Waals surface area contributed by atoms with Crippen molar-refractivity contribution in [3.8, 4) is 0 Å². The van der Waals surface area contributed by atoms with Gasteiger partial charge in [-0.15, -0.1) is 16.9 Å². The number of hydrogen-bond acceptors (Lipinski definition) is 5. The van der Waals surface area contributed by atoms with Gasteiger partial charge in [-0.25, -0.2) is 5.10 Å². The van der Waals surface area contributed by atoms with E-state index in [0.717, 1.165) is 5.16 Å². The minimum absolute atomic E-state index is 0.478. The SMILES string of the molecule is CSC(=S)Nc1nc(SC(C)C)n[nH]1. The van der Waals surface area contributed by atoms with Crippen molar-refractivity contribution in [1.82, 2.24) is 15.2 Å². The van der Waals surface area contributed by atoms with Crippen LogP contribution in [0.1, 0.15) is 13.8 Å². The maximum absolute atomic E-state index is 4.99. The molecule has 0 radical (unpaired) electrons. The number of anilines is 1. The van der Waals surface area contributed by atoms with Gasteiger partial charge in [0.25, 0.3) is 0 Å². The van der Waals surface area contributed by atoms with Crippen LogP contribution in [-0.4, -0.2) is 31.0 Å². The van der Waals surface area contributed by atoms with Crippen LogP contribution in [0.25, 0.3) is 0 Å². The second-order valence-corrected chi connectivity index (χ2v) is 5.78. The number of thioether (sulfide) groups is 2. The van der Waals surface area contributed by atoms with Crippen LogP contribution in [-0.2, 0) is 0 Å². The van der Waals surface area contributed by atoms with Gasteiger partial charge < -0.3 is 5.32 Å². The van der Waals surface area contributed by atoms with Crippen LogP contribution in [0.4, 0.5) is 5.95 Å². The third-order valence-corrected chi connectivity index (χ3v) is 3.15. The van der Waals surface area contributed by atoms with Crippen LogP contribution in [0, 0.1) is 0 Å². The monoisotopic (exact) mass is 248 g/mol. The fraction of sp³-hybridized carbons (Fsp3) is 0.571. The van der Waals surface area contributed by atoms with Crippen molar-refractivity contribution in [2.75, 3.05) is 11.6 Å². The second-order valence-electron chi connectivity index (χ2n) is 2.75. The van der Waals surface area contributed by atoms with Gasteiger partial charge in [0, 0.05) is 5.25 Å². The van der Waals surface area contributed by atoms with E-state index in [1.165, 1.54) is 11.8 Å². The van der Waals surface area contributed by atoms with Crippen LogP contribution in [0.15, 0.2) is 5.16 Å². The second kappa shape index (κ2) is 5.57. The van der Waals surface area contributed by atoms with Gasteiger partial charge in [0.2, 0.25) is 11.1 Å². The first-order valence-corrected chi connectivity index (χ1v) is 6.57. The first kappa shape index (κ1) is 11.8. The van der Waals surface area contributed by atoms with Crippen molar-refractivity contribution in [3.05, 3.63) is 0 Å². The van der Waals surface area contributed by atoms with Crippen LogP contribution in [0.2, 0.25) is 0 Å². The Balaban J connectivity index is 2.55. The number of nitrogens with one attached hydrogen (secondary N) is 2. The highest BCUT2D eigenvalue weighted by molar-refractivity contribution is 8.22. The summed E-state index contributed by atoms with van der Waals surface area (Å²) in [6, 6.07) is 0. The Morgan fingerprint density at radius 3 is 2.86 bits per heavy atom. The van der Waals surface area contributed by atoms with Gasteiger partial charge in [0.1, 0.15) is 4.32 Å². The van der Waals surface area contributed by atoms with Gasteiger partial charge in [-0.3, -0.25) is 0 Å². The number of hydrogen-bond donors (Lipinski definition) is 2. The van der Waals surface area contributed by atoms with Crippen molar-refractivity contribution in [1.29, 1.82) is 0 Å². The Hall–Kier alpha value is -0.270. The van der Waals surface area contributed by atoms with E-state index in [2.05, 4.69) is 34.3 Å². The molecule has 1 aromatic heterocycles. The van der Waals surface area contributed by atoms with Gasteiger partial charge in [0.15, 0.2) is 0 Å². The Kier molecular flexibility index (Phi) is 4.70. The number of rotatable bonds is 3. The molecule has 1 aromatic rings. The highest BCUT2D eigenvalue weighted by atomic mass is 32.2. The molecule has 0 spiro atoms. The molecule has 1 rings (SSSR count). The molecule has 14 heavy (non-hydrogen) atoms. The van der Waals surface area contributed by atoms with Crippen LogP contribution in [0.3, 0.4) is 0 Å². The number of thiocarbonyl (C=S) groups is 1. The summed E-state index contributed by atoms with van der Waals surface area (Å²) in [5.74, 6) is 0.604. The maximum Gasteiger partial charge on any atom is 0.225 e. The van der Waals surface area contributed by atoms with Crippen LogP contribution in [0.5, 0.6) is 0 Å². The summed E-state index contributed by atoms with van der Waals surface area (Å²) in [7, 11) is 0. The number of aromatic amines is 1. The smallest absolute Gasteiger partial charge is 0.225 e. The molecule has 0 amide bonds. The molecular formula is C7H12N4S3. The summed E-state index contributed by atoms with van der Waals surface area (Å²) in [6.45, 7) is 4.20. The Morgan fingerprint density at radius 2 is 2.29 bits per heavy atom. The summed E-state index contributed by atoms with van der Waals surface area (Å²) in [4.78, 5) is 4.22. The molecule has 2 N–H and O–H groups in total. The van der Waals surface area contributed by atoms with E-state index in [1.807, 2.05) is 6.26 Å². The molecule has 0 aliphatic carbocycles. The van der Waals surface area contributed by atoms with Gasteiger partial charge in [0.05, 0.1) is 0 Å². The van der Waals surface area contributed by atoms with Crippen molar-refractivity contribution in [3.63, 3.8) is 0 Å². The van der Waals surface area contributed by atoms with E-state index in [9.17, 15) is 0 Å². The summed E-state index contributed by atoms with van der Waals surface area (Å²) in [5.41, 5.74) is 0. The van der Waals surface area contributed by atoms with E-state index >= 15 is 0 Å². The third kappa shape index (κ3) is 3.85. The van der Waals surface area contributed by atoms with Crippen molar-refractivity contribution < 1.29 is 0 Å². The topological polar surface area (TPSA) is 53.6 Å². The molecule has 0 bridgehead atoms. The van der Waals surface area contributed by atoms with Crippen LogP contribution >= 0.6 is 35.7 Å².